The number of allylic oxidation sites excluding steroid dienone is 1. The molecule has 7 nitrogen and oxygen atoms in total. The number of thiazole rings is 1. The molecule has 4 aromatic rings. The zero-order valence-electron chi connectivity index (χ0n) is 23.2. The van der Waals surface area contributed by atoms with Gasteiger partial charge in [0.05, 0.1) is 35.1 Å². The first-order valence-electron chi connectivity index (χ1n) is 13.4. The molecular weight excluding hydrogens is 579 g/mol. The number of nitrogens with zero attached hydrogens (tertiary/aromatic N) is 2. The summed E-state index contributed by atoms with van der Waals surface area (Å²) < 4.78 is 32.2. The number of benzene rings is 3. The maximum atomic E-state index is 14.0. The zero-order valence-corrected chi connectivity index (χ0v) is 24.8. The van der Waals surface area contributed by atoms with E-state index in [2.05, 4.69) is 4.99 Å². The minimum absolute atomic E-state index is 0.186. The van der Waals surface area contributed by atoms with Crippen LogP contribution in [0.3, 0.4) is 0 Å². The molecule has 3 aromatic carbocycles. The lowest BCUT2D eigenvalue weighted by Crippen LogP contribution is -2.39. The summed E-state index contributed by atoms with van der Waals surface area (Å²) in [6, 6.07) is 17.7. The first kappa shape index (κ1) is 29.3. The van der Waals surface area contributed by atoms with E-state index in [-0.39, 0.29) is 24.6 Å². The first-order valence-corrected chi connectivity index (χ1v) is 14.6. The van der Waals surface area contributed by atoms with Crippen LogP contribution in [-0.4, -0.2) is 23.8 Å². The second-order valence-corrected chi connectivity index (χ2v) is 10.8. The van der Waals surface area contributed by atoms with Gasteiger partial charge in [0.2, 0.25) is 0 Å². The zero-order chi connectivity index (χ0) is 29.8. The SMILES string of the molecule is CCOC(=O)C1=C(C)N=c2s/c(=C\c3cc(Cl)ccc3OCc3ccc(F)cc3)c(=O)n2[C@@H]1c1ccc(OCC)cc1. The van der Waals surface area contributed by atoms with Crippen molar-refractivity contribution in [1.29, 1.82) is 0 Å². The molecule has 0 amide bonds. The number of aromatic nitrogens is 1. The molecule has 216 valence electrons. The number of carbonyl (C=O) groups is 1. The number of esters is 1. The molecule has 0 spiro atoms. The van der Waals surface area contributed by atoms with Gasteiger partial charge in [-0.1, -0.05) is 47.2 Å². The summed E-state index contributed by atoms with van der Waals surface area (Å²) in [7, 11) is 0. The molecule has 1 atom stereocenters. The molecule has 0 fully saturated rings. The molecule has 0 saturated heterocycles. The second kappa shape index (κ2) is 12.8. The Morgan fingerprint density at radius 3 is 2.48 bits per heavy atom. The number of halogens is 2. The number of fused-ring (bicyclic) bond motifs is 1. The summed E-state index contributed by atoms with van der Waals surface area (Å²) in [5.41, 5.74) is 2.55. The predicted octanol–water partition coefficient (Wildman–Crippen LogP) is 5.57. The second-order valence-electron chi connectivity index (χ2n) is 9.40. The molecule has 0 unspecified atom stereocenters. The molecule has 1 aromatic heterocycles. The molecule has 0 bridgehead atoms. The Hall–Kier alpha value is -4.21. The van der Waals surface area contributed by atoms with Crippen molar-refractivity contribution < 1.29 is 23.4 Å². The van der Waals surface area contributed by atoms with Gasteiger partial charge < -0.3 is 14.2 Å². The van der Waals surface area contributed by atoms with Crippen molar-refractivity contribution in [3.8, 4) is 11.5 Å². The van der Waals surface area contributed by atoms with Crippen LogP contribution < -0.4 is 24.4 Å². The standard InChI is InChI=1S/C32H28ClFN2O5S/c1-4-39-25-13-8-21(9-14-25)29-28(31(38)40-5-2)19(3)35-32-36(29)30(37)27(42-32)17-22-16-23(33)10-15-26(22)41-18-20-6-11-24(34)12-7-20/h6-17,29H,4-5,18H2,1-3H3/b27-17-/t29-/m1/s1. The average Bonchev–Trinajstić information content (AvgIpc) is 3.27. The Kier molecular flexibility index (Phi) is 8.89. The topological polar surface area (TPSA) is 79.1 Å². The monoisotopic (exact) mass is 606 g/mol. The highest BCUT2D eigenvalue weighted by atomic mass is 35.5. The van der Waals surface area contributed by atoms with Crippen LogP contribution in [0.2, 0.25) is 5.02 Å². The molecule has 0 saturated carbocycles. The molecule has 0 N–H and O–H groups in total. The minimum Gasteiger partial charge on any atom is -0.494 e. The van der Waals surface area contributed by atoms with E-state index in [0.29, 0.717) is 49.3 Å². The predicted molar refractivity (Wildman–Crippen MR) is 160 cm³/mol. The smallest absolute Gasteiger partial charge is 0.338 e. The normalized spacial score (nSPS) is 14.8. The van der Waals surface area contributed by atoms with Gasteiger partial charge in [-0.05, 0) is 80.4 Å². The minimum atomic E-state index is -0.744. The van der Waals surface area contributed by atoms with E-state index in [4.69, 9.17) is 25.8 Å². The van der Waals surface area contributed by atoms with E-state index in [1.165, 1.54) is 28.0 Å². The summed E-state index contributed by atoms with van der Waals surface area (Å²) in [5, 5.41) is 0.468. The highest BCUT2D eigenvalue weighted by Gasteiger charge is 2.33. The van der Waals surface area contributed by atoms with Gasteiger partial charge in [0, 0.05) is 10.6 Å². The lowest BCUT2D eigenvalue weighted by Gasteiger charge is -2.24. The summed E-state index contributed by atoms with van der Waals surface area (Å²) in [4.78, 5) is 32.2. The number of hydrogen-bond donors (Lipinski definition) is 0. The van der Waals surface area contributed by atoms with E-state index >= 15 is 0 Å². The summed E-state index contributed by atoms with van der Waals surface area (Å²) in [6.07, 6.45) is 1.70. The fraction of sp³-hybridized carbons (Fsp3) is 0.219. The van der Waals surface area contributed by atoms with E-state index < -0.39 is 12.0 Å². The van der Waals surface area contributed by atoms with Gasteiger partial charge in [0.15, 0.2) is 4.80 Å². The Balaban J connectivity index is 1.60. The van der Waals surface area contributed by atoms with Gasteiger partial charge in [-0.25, -0.2) is 14.2 Å². The molecule has 0 radical (unpaired) electrons. The van der Waals surface area contributed by atoms with Crippen LogP contribution in [0, 0.1) is 5.82 Å². The lowest BCUT2D eigenvalue weighted by molar-refractivity contribution is -0.139. The third kappa shape index (κ3) is 6.17. The summed E-state index contributed by atoms with van der Waals surface area (Å²) in [6.45, 7) is 6.27. The maximum Gasteiger partial charge on any atom is 0.338 e. The van der Waals surface area contributed by atoms with Gasteiger partial charge >= 0.3 is 5.97 Å². The van der Waals surface area contributed by atoms with E-state index in [1.807, 2.05) is 31.2 Å². The van der Waals surface area contributed by atoms with Crippen molar-refractivity contribution in [3.05, 3.63) is 125 Å². The Morgan fingerprint density at radius 1 is 1.05 bits per heavy atom. The Bertz CT molecular complexity index is 1830. The molecule has 0 aliphatic carbocycles. The van der Waals surface area contributed by atoms with Gasteiger partial charge in [-0.15, -0.1) is 0 Å². The highest BCUT2D eigenvalue weighted by Crippen LogP contribution is 2.32. The molecule has 10 heteroatoms. The van der Waals surface area contributed by atoms with Crippen LogP contribution >= 0.6 is 22.9 Å². The molecule has 42 heavy (non-hydrogen) atoms. The molecular formula is C32H28ClFN2O5S. The van der Waals surface area contributed by atoms with E-state index in [0.717, 1.165) is 11.1 Å². The maximum absolute atomic E-state index is 14.0. The Labute approximate surface area is 250 Å². The van der Waals surface area contributed by atoms with E-state index in [1.54, 1.807) is 50.3 Å². The third-order valence-electron chi connectivity index (χ3n) is 6.59. The summed E-state index contributed by atoms with van der Waals surface area (Å²) in [5.74, 6) is 0.326. The van der Waals surface area contributed by atoms with Gasteiger partial charge in [-0.3, -0.25) is 9.36 Å². The van der Waals surface area contributed by atoms with Crippen molar-refractivity contribution in [2.75, 3.05) is 13.2 Å². The van der Waals surface area contributed by atoms with Gasteiger partial charge in [0.25, 0.3) is 5.56 Å². The Morgan fingerprint density at radius 2 is 1.79 bits per heavy atom. The first-order chi connectivity index (χ1) is 20.3. The van der Waals surface area contributed by atoms with E-state index in [9.17, 15) is 14.0 Å². The van der Waals surface area contributed by atoms with Crippen LogP contribution in [0.5, 0.6) is 11.5 Å². The molecule has 5 rings (SSSR count). The van der Waals surface area contributed by atoms with Crippen LogP contribution in [0.25, 0.3) is 6.08 Å². The van der Waals surface area contributed by atoms with Crippen molar-refractivity contribution in [2.45, 2.75) is 33.4 Å². The fourth-order valence-corrected chi connectivity index (χ4v) is 5.88. The number of ether oxygens (including phenoxy) is 3. The van der Waals surface area contributed by atoms with Crippen LogP contribution in [0.15, 0.2) is 87.8 Å². The van der Waals surface area contributed by atoms with Crippen molar-refractivity contribution >= 4 is 35.0 Å². The van der Waals surface area contributed by atoms with Crippen molar-refractivity contribution in [3.63, 3.8) is 0 Å². The number of rotatable bonds is 9. The van der Waals surface area contributed by atoms with Crippen molar-refractivity contribution in [2.24, 2.45) is 4.99 Å². The average molecular weight is 607 g/mol. The highest BCUT2D eigenvalue weighted by molar-refractivity contribution is 7.07. The van der Waals surface area contributed by atoms with Crippen molar-refractivity contribution in [1.82, 2.24) is 4.57 Å². The summed E-state index contributed by atoms with van der Waals surface area (Å²) >= 11 is 7.52. The largest absolute Gasteiger partial charge is 0.494 e. The molecule has 1 aliphatic rings. The van der Waals surface area contributed by atoms with Gasteiger partial charge in [-0.2, -0.15) is 0 Å². The third-order valence-corrected chi connectivity index (χ3v) is 7.81. The molecule has 1 aliphatic heterocycles. The quantitative estimate of drug-likeness (QED) is 0.233. The molecule has 2 heterocycles. The number of hydrogen-bond acceptors (Lipinski definition) is 7. The fourth-order valence-electron chi connectivity index (χ4n) is 4.67. The number of carbonyl (C=O) groups excluding carboxylic acids is 1. The van der Waals surface area contributed by atoms with Crippen LogP contribution in [0.1, 0.15) is 43.5 Å². The van der Waals surface area contributed by atoms with Gasteiger partial charge in [0.1, 0.15) is 23.9 Å². The van der Waals surface area contributed by atoms with Crippen LogP contribution in [0.4, 0.5) is 4.39 Å². The van der Waals surface area contributed by atoms with Crippen LogP contribution in [-0.2, 0) is 16.1 Å². The lowest BCUT2D eigenvalue weighted by atomic mass is 9.96.